The molecule has 0 aliphatic carbocycles. The van der Waals surface area contributed by atoms with E-state index in [1.165, 1.54) is 6.42 Å². The molecule has 0 aromatic rings. The number of nitrogens with zero attached hydrogens (tertiary/aromatic N) is 2. The van der Waals surface area contributed by atoms with E-state index in [1.54, 1.807) is 0 Å². The van der Waals surface area contributed by atoms with Crippen LogP contribution >= 0.6 is 0 Å². The minimum absolute atomic E-state index is 0.0515. The summed E-state index contributed by atoms with van der Waals surface area (Å²) in [6, 6.07) is 0.203. The molecule has 4 heteroatoms. The average Bonchev–Trinajstić information content (AvgIpc) is 2.73. The van der Waals surface area contributed by atoms with Crippen LogP contribution in [0.5, 0.6) is 0 Å². The number of aliphatic hydroxyl groups is 1. The van der Waals surface area contributed by atoms with Crippen molar-refractivity contribution in [3.63, 3.8) is 0 Å². The number of amides is 2. The molecule has 2 heterocycles. The van der Waals surface area contributed by atoms with Crippen LogP contribution < -0.4 is 0 Å². The number of urea groups is 1. The van der Waals surface area contributed by atoms with Gasteiger partial charge in [-0.1, -0.05) is 12.8 Å². The molecule has 0 bridgehead atoms. The molecule has 1 atom stereocenters. The van der Waals surface area contributed by atoms with E-state index in [9.17, 15) is 9.90 Å². The first-order valence-electron chi connectivity index (χ1n) is 6.49. The van der Waals surface area contributed by atoms with E-state index >= 15 is 0 Å². The van der Waals surface area contributed by atoms with Crippen LogP contribution in [0.4, 0.5) is 4.79 Å². The lowest BCUT2D eigenvalue weighted by Crippen LogP contribution is -2.48. The first kappa shape index (κ1) is 11.7. The second kappa shape index (κ2) is 5.53. The predicted octanol–water partition coefficient (Wildman–Crippen LogP) is 1.44. The van der Waals surface area contributed by atoms with E-state index in [-0.39, 0.29) is 18.7 Å². The molecular formula is C12H22N2O2. The van der Waals surface area contributed by atoms with Crippen LogP contribution in [0.1, 0.15) is 38.5 Å². The topological polar surface area (TPSA) is 43.8 Å². The lowest BCUT2D eigenvalue weighted by molar-refractivity contribution is 0.112. The van der Waals surface area contributed by atoms with Crippen molar-refractivity contribution < 1.29 is 9.90 Å². The highest BCUT2D eigenvalue weighted by atomic mass is 16.3. The third-order valence-electron chi connectivity index (χ3n) is 3.71. The Balaban J connectivity index is 2.00. The zero-order chi connectivity index (χ0) is 11.4. The van der Waals surface area contributed by atoms with Crippen LogP contribution in [-0.4, -0.2) is 53.2 Å². The minimum atomic E-state index is 0.0515. The molecule has 1 unspecified atom stereocenters. The molecule has 16 heavy (non-hydrogen) atoms. The van der Waals surface area contributed by atoms with Crippen molar-refractivity contribution in [1.29, 1.82) is 0 Å². The summed E-state index contributed by atoms with van der Waals surface area (Å²) < 4.78 is 0. The fraction of sp³-hybridized carbons (Fsp3) is 0.917. The summed E-state index contributed by atoms with van der Waals surface area (Å²) >= 11 is 0. The van der Waals surface area contributed by atoms with Gasteiger partial charge in [-0.3, -0.25) is 0 Å². The van der Waals surface area contributed by atoms with Crippen LogP contribution in [0.3, 0.4) is 0 Å². The molecule has 2 aliphatic rings. The van der Waals surface area contributed by atoms with Crippen molar-refractivity contribution in [2.45, 2.75) is 44.6 Å². The average molecular weight is 226 g/mol. The molecule has 2 saturated heterocycles. The summed E-state index contributed by atoms with van der Waals surface area (Å²) in [4.78, 5) is 16.1. The Hall–Kier alpha value is -0.770. The quantitative estimate of drug-likeness (QED) is 0.735. The molecule has 0 saturated carbocycles. The highest BCUT2D eigenvalue weighted by Gasteiger charge is 2.29. The first-order valence-corrected chi connectivity index (χ1v) is 6.49. The smallest absolute Gasteiger partial charge is 0.320 e. The number of hydrogen-bond acceptors (Lipinski definition) is 2. The monoisotopic (exact) mass is 226 g/mol. The van der Waals surface area contributed by atoms with E-state index in [0.717, 1.165) is 51.7 Å². The Labute approximate surface area is 97.2 Å². The Kier molecular flexibility index (Phi) is 4.04. The predicted molar refractivity (Wildman–Crippen MR) is 62.3 cm³/mol. The molecule has 0 spiro atoms. The van der Waals surface area contributed by atoms with Crippen molar-refractivity contribution in [3.05, 3.63) is 0 Å². The van der Waals surface area contributed by atoms with Gasteiger partial charge < -0.3 is 14.9 Å². The van der Waals surface area contributed by atoms with E-state index < -0.39 is 0 Å². The number of hydrogen-bond donors (Lipinski definition) is 1. The van der Waals surface area contributed by atoms with E-state index in [2.05, 4.69) is 0 Å². The summed E-state index contributed by atoms with van der Waals surface area (Å²) in [5.41, 5.74) is 0. The van der Waals surface area contributed by atoms with Crippen molar-refractivity contribution in [2.24, 2.45) is 0 Å². The first-order chi connectivity index (χ1) is 7.83. The highest BCUT2D eigenvalue weighted by molar-refractivity contribution is 5.75. The van der Waals surface area contributed by atoms with Gasteiger partial charge in [0, 0.05) is 19.6 Å². The maximum atomic E-state index is 12.3. The Bertz CT molecular complexity index is 239. The minimum Gasteiger partial charge on any atom is -0.394 e. The molecule has 0 aromatic heterocycles. The molecular weight excluding hydrogens is 204 g/mol. The highest BCUT2D eigenvalue weighted by Crippen LogP contribution is 2.20. The van der Waals surface area contributed by atoms with Crippen LogP contribution in [0.15, 0.2) is 0 Å². The third kappa shape index (κ3) is 2.48. The molecule has 0 radical (unpaired) electrons. The molecule has 1 N–H and O–H groups in total. The second-order valence-electron chi connectivity index (χ2n) is 4.86. The fourth-order valence-electron chi connectivity index (χ4n) is 2.71. The lowest BCUT2D eigenvalue weighted by atomic mass is 10.1. The third-order valence-corrected chi connectivity index (χ3v) is 3.71. The second-order valence-corrected chi connectivity index (χ2v) is 4.86. The van der Waals surface area contributed by atoms with Gasteiger partial charge in [0.2, 0.25) is 0 Å². The normalized spacial score (nSPS) is 26.9. The van der Waals surface area contributed by atoms with Crippen molar-refractivity contribution in [3.8, 4) is 0 Å². The standard InChI is InChI=1S/C12H22N2O2/c15-10-11-6-2-1-3-9-14(11)12(16)13-7-4-5-8-13/h11,15H,1-10H2. The SMILES string of the molecule is O=C(N1CCCC1)N1CCCCCC1CO. The van der Waals surface area contributed by atoms with E-state index in [4.69, 9.17) is 0 Å². The number of rotatable bonds is 1. The largest absolute Gasteiger partial charge is 0.394 e. The van der Waals surface area contributed by atoms with Gasteiger partial charge in [0.15, 0.2) is 0 Å². The van der Waals surface area contributed by atoms with Crippen molar-refractivity contribution in [2.75, 3.05) is 26.2 Å². The zero-order valence-corrected chi connectivity index (χ0v) is 9.90. The maximum absolute atomic E-state index is 12.3. The Morgan fingerprint density at radius 3 is 2.44 bits per heavy atom. The number of likely N-dealkylation sites (tertiary alicyclic amines) is 2. The van der Waals surface area contributed by atoms with Gasteiger partial charge in [-0.05, 0) is 25.7 Å². The Morgan fingerprint density at radius 2 is 1.75 bits per heavy atom. The van der Waals surface area contributed by atoms with E-state index in [1.807, 2.05) is 9.80 Å². The molecule has 92 valence electrons. The summed E-state index contributed by atoms with van der Waals surface area (Å²) in [5, 5.41) is 9.37. The van der Waals surface area contributed by atoms with Gasteiger partial charge in [-0.25, -0.2) is 4.79 Å². The van der Waals surface area contributed by atoms with Crippen LogP contribution in [0.25, 0.3) is 0 Å². The van der Waals surface area contributed by atoms with Gasteiger partial charge in [0.05, 0.1) is 12.6 Å². The zero-order valence-electron chi connectivity index (χ0n) is 9.90. The molecule has 2 amide bonds. The van der Waals surface area contributed by atoms with Crippen LogP contribution in [0, 0.1) is 0 Å². The van der Waals surface area contributed by atoms with Gasteiger partial charge >= 0.3 is 6.03 Å². The summed E-state index contributed by atoms with van der Waals surface area (Å²) in [6.07, 6.45) is 6.61. The van der Waals surface area contributed by atoms with Gasteiger partial charge in [0.1, 0.15) is 0 Å². The molecule has 0 aromatic carbocycles. The van der Waals surface area contributed by atoms with Gasteiger partial charge in [-0.15, -0.1) is 0 Å². The molecule has 2 aliphatic heterocycles. The number of aliphatic hydroxyl groups excluding tert-OH is 1. The van der Waals surface area contributed by atoms with Crippen molar-refractivity contribution >= 4 is 6.03 Å². The lowest BCUT2D eigenvalue weighted by Gasteiger charge is -2.32. The molecule has 4 nitrogen and oxygen atoms in total. The summed E-state index contributed by atoms with van der Waals surface area (Å²) in [5.74, 6) is 0. The summed E-state index contributed by atoms with van der Waals surface area (Å²) in [7, 11) is 0. The molecule has 2 rings (SSSR count). The van der Waals surface area contributed by atoms with E-state index in [0.29, 0.717) is 0 Å². The Morgan fingerprint density at radius 1 is 1.06 bits per heavy atom. The van der Waals surface area contributed by atoms with Gasteiger partial charge in [0.25, 0.3) is 0 Å². The number of carbonyl (C=O) groups is 1. The van der Waals surface area contributed by atoms with Crippen LogP contribution in [0.2, 0.25) is 0 Å². The van der Waals surface area contributed by atoms with Crippen molar-refractivity contribution in [1.82, 2.24) is 9.80 Å². The van der Waals surface area contributed by atoms with Gasteiger partial charge in [-0.2, -0.15) is 0 Å². The summed E-state index contributed by atoms with van der Waals surface area (Å²) in [6.45, 7) is 2.72. The fourth-order valence-corrected chi connectivity index (χ4v) is 2.71. The van der Waals surface area contributed by atoms with Crippen LogP contribution in [-0.2, 0) is 0 Å². The maximum Gasteiger partial charge on any atom is 0.320 e. The number of carbonyl (C=O) groups excluding carboxylic acids is 1. The molecule has 2 fully saturated rings.